The maximum absolute atomic E-state index is 5.94. The number of fused-ring (bicyclic) bond motifs is 1. The van der Waals surface area contributed by atoms with Gasteiger partial charge in [-0.3, -0.25) is 9.39 Å². The molecule has 2 N–H and O–H groups in total. The van der Waals surface area contributed by atoms with Crippen molar-refractivity contribution in [1.82, 2.24) is 25.2 Å². The summed E-state index contributed by atoms with van der Waals surface area (Å²) in [7, 11) is 3.36. The second-order valence-corrected chi connectivity index (χ2v) is 5.93. The number of pyridine rings is 1. The van der Waals surface area contributed by atoms with E-state index in [9.17, 15) is 0 Å². The normalized spacial score (nSPS) is 12.6. The lowest BCUT2D eigenvalue weighted by molar-refractivity contribution is 0.213. The molecule has 27 heavy (non-hydrogen) atoms. The minimum Gasteiger partial charge on any atom is -0.493 e. The highest BCUT2D eigenvalue weighted by Crippen LogP contribution is 2.26. The molecule has 1 aromatic carbocycles. The first-order chi connectivity index (χ1) is 13.2. The van der Waals surface area contributed by atoms with Gasteiger partial charge in [0, 0.05) is 13.2 Å². The molecule has 0 bridgehead atoms. The Labute approximate surface area is 158 Å². The minimum absolute atomic E-state index is 0.0752. The van der Waals surface area contributed by atoms with Gasteiger partial charge in [-0.1, -0.05) is 18.2 Å². The fourth-order valence-corrected chi connectivity index (χ4v) is 2.61. The number of hydrogen-bond donors (Lipinski definition) is 2. The van der Waals surface area contributed by atoms with E-state index in [1.54, 1.807) is 14.2 Å². The predicted octanol–water partition coefficient (Wildman–Crippen LogP) is 1.87. The molecule has 0 fully saturated rings. The average molecular weight is 368 g/mol. The molecule has 0 saturated carbocycles. The van der Waals surface area contributed by atoms with Crippen molar-refractivity contribution in [3.63, 3.8) is 0 Å². The van der Waals surface area contributed by atoms with Gasteiger partial charge < -0.3 is 20.1 Å². The Balaban J connectivity index is 1.51. The number of methoxy groups -OCH3 is 1. The molecule has 1 atom stereocenters. The van der Waals surface area contributed by atoms with Crippen LogP contribution in [-0.2, 0) is 6.54 Å². The lowest BCUT2D eigenvalue weighted by atomic mass is 10.3. The van der Waals surface area contributed by atoms with E-state index < -0.39 is 0 Å². The van der Waals surface area contributed by atoms with Crippen LogP contribution >= 0.6 is 0 Å². The first-order valence-corrected chi connectivity index (χ1v) is 8.74. The molecule has 8 heteroatoms. The van der Waals surface area contributed by atoms with E-state index in [4.69, 9.17) is 9.47 Å². The highest BCUT2D eigenvalue weighted by molar-refractivity contribution is 5.79. The number of ether oxygens (including phenoxy) is 2. The van der Waals surface area contributed by atoms with Crippen LogP contribution in [0, 0.1) is 0 Å². The number of rotatable bonds is 7. The fraction of sp³-hybridized carbons (Fsp3) is 0.316. The van der Waals surface area contributed by atoms with Crippen LogP contribution in [0.1, 0.15) is 12.7 Å². The van der Waals surface area contributed by atoms with Crippen LogP contribution in [0.4, 0.5) is 0 Å². The molecule has 0 aliphatic heterocycles. The zero-order chi connectivity index (χ0) is 19.1. The third kappa shape index (κ3) is 4.66. The van der Waals surface area contributed by atoms with Gasteiger partial charge in [0.05, 0.1) is 20.2 Å². The van der Waals surface area contributed by atoms with Gasteiger partial charge in [-0.15, -0.1) is 10.2 Å². The number of benzene rings is 1. The zero-order valence-corrected chi connectivity index (χ0v) is 15.7. The number of aliphatic imine (C=N–C) groups is 1. The van der Waals surface area contributed by atoms with Crippen LogP contribution < -0.4 is 20.1 Å². The van der Waals surface area contributed by atoms with Crippen molar-refractivity contribution in [3.8, 4) is 11.5 Å². The molecule has 0 radical (unpaired) electrons. The van der Waals surface area contributed by atoms with E-state index in [1.807, 2.05) is 60.0 Å². The van der Waals surface area contributed by atoms with Crippen LogP contribution in [0.15, 0.2) is 53.7 Å². The van der Waals surface area contributed by atoms with Crippen LogP contribution in [0.25, 0.3) is 5.65 Å². The summed E-state index contributed by atoms with van der Waals surface area (Å²) in [4.78, 5) is 4.24. The SMILES string of the molecule is CN=C(NCc1nnc2ccccn12)NCC(C)Oc1ccccc1OC. The fourth-order valence-electron chi connectivity index (χ4n) is 2.61. The van der Waals surface area contributed by atoms with E-state index in [2.05, 4.69) is 25.8 Å². The molecule has 2 aromatic heterocycles. The summed E-state index contributed by atoms with van der Waals surface area (Å²) < 4.78 is 13.2. The molecule has 3 aromatic rings. The topological polar surface area (TPSA) is 85.1 Å². The number of hydrogen-bond acceptors (Lipinski definition) is 5. The summed E-state index contributed by atoms with van der Waals surface area (Å²) in [6.07, 6.45) is 1.86. The third-order valence-electron chi connectivity index (χ3n) is 3.98. The number of nitrogens with zero attached hydrogens (tertiary/aromatic N) is 4. The first-order valence-electron chi connectivity index (χ1n) is 8.74. The smallest absolute Gasteiger partial charge is 0.191 e. The number of guanidine groups is 1. The Bertz CT molecular complexity index is 908. The summed E-state index contributed by atoms with van der Waals surface area (Å²) in [6.45, 7) is 3.07. The predicted molar refractivity (Wildman–Crippen MR) is 104 cm³/mol. The minimum atomic E-state index is -0.0752. The van der Waals surface area contributed by atoms with Gasteiger partial charge in [0.15, 0.2) is 28.9 Å². The highest BCUT2D eigenvalue weighted by atomic mass is 16.5. The van der Waals surface area contributed by atoms with Crippen molar-refractivity contribution >= 4 is 11.6 Å². The van der Waals surface area contributed by atoms with Crippen molar-refractivity contribution in [3.05, 3.63) is 54.5 Å². The molecule has 3 rings (SSSR count). The summed E-state index contributed by atoms with van der Waals surface area (Å²) in [6, 6.07) is 13.4. The molecule has 0 spiro atoms. The molecule has 8 nitrogen and oxygen atoms in total. The van der Waals surface area contributed by atoms with Crippen molar-refractivity contribution in [2.75, 3.05) is 20.7 Å². The van der Waals surface area contributed by atoms with Gasteiger partial charge in [-0.25, -0.2) is 0 Å². The van der Waals surface area contributed by atoms with E-state index in [0.717, 1.165) is 11.5 Å². The van der Waals surface area contributed by atoms with E-state index >= 15 is 0 Å². The lowest BCUT2D eigenvalue weighted by Crippen LogP contribution is -2.41. The van der Waals surface area contributed by atoms with Crippen molar-refractivity contribution in [2.24, 2.45) is 4.99 Å². The lowest BCUT2D eigenvalue weighted by Gasteiger charge is -2.18. The zero-order valence-electron chi connectivity index (χ0n) is 15.7. The van der Waals surface area contributed by atoms with Gasteiger partial charge in [-0.05, 0) is 31.2 Å². The van der Waals surface area contributed by atoms with Crippen LogP contribution in [0.5, 0.6) is 11.5 Å². The van der Waals surface area contributed by atoms with Crippen LogP contribution in [-0.4, -0.2) is 47.4 Å². The van der Waals surface area contributed by atoms with Gasteiger partial charge in [0.2, 0.25) is 0 Å². The van der Waals surface area contributed by atoms with Crippen LogP contribution in [0.2, 0.25) is 0 Å². The summed E-state index contributed by atoms with van der Waals surface area (Å²) in [5.41, 5.74) is 0.816. The molecular weight excluding hydrogens is 344 g/mol. The van der Waals surface area contributed by atoms with E-state index in [0.29, 0.717) is 30.5 Å². The molecule has 0 aliphatic carbocycles. The first kappa shape index (κ1) is 18.5. The van der Waals surface area contributed by atoms with Gasteiger partial charge in [0.25, 0.3) is 0 Å². The Morgan fingerprint density at radius 1 is 1.11 bits per heavy atom. The summed E-state index contributed by atoms with van der Waals surface area (Å²) in [5, 5.41) is 14.8. The van der Waals surface area contributed by atoms with Gasteiger partial charge in [-0.2, -0.15) is 0 Å². The standard InChI is InChI=1S/C19H24N6O2/c1-14(27-16-9-5-4-8-15(16)26-3)12-21-19(20-2)22-13-18-24-23-17-10-6-7-11-25(17)18/h4-11,14H,12-13H2,1-3H3,(H2,20,21,22). The molecule has 142 valence electrons. The molecule has 0 saturated heterocycles. The average Bonchev–Trinajstić information content (AvgIpc) is 3.12. The van der Waals surface area contributed by atoms with Gasteiger partial charge in [0.1, 0.15) is 6.10 Å². The maximum Gasteiger partial charge on any atom is 0.191 e. The Kier molecular flexibility index (Phi) is 6.09. The quantitative estimate of drug-likeness (QED) is 0.489. The Morgan fingerprint density at radius 3 is 2.67 bits per heavy atom. The molecular formula is C19H24N6O2. The Morgan fingerprint density at radius 2 is 1.89 bits per heavy atom. The molecule has 0 aliphatic rings. The number of nitrogens with one attached hydrogen (secondary N) is 2. The van der Waals surface area contributed by atoms with E-state index in [-0.39, 0.29) is 6.10 Å². The number of para-hydroxylation sites is 2. The highest BCUT2D eigenvalue weighted by Gasteiger charge is 2.10. The Hall–Kier alpha value is -3.29. The summed E-state index contributed by atoms with van der Waals surface area (Å²) >= 11 is 0. The third-order valence-corrected chi connectivity index (χ3v) is 3.98. The second kappa shape index (κ2) is 8.88. The maximum atomic E-state index is 5.94. The van der Waals surface area contributed by atoms with Crippen LogP contribution in [0.3, 0.4) is 0 Å². The molecule has 2 heterocycles. The molecule has 1 unspecified atom stereocenters. The number of aromatic nitrogens is 3. The van der Waals surface area contributed by atoms with Crippen molar-refractivity contribution in [2.45, 2.75) is 19.6 Å². The van der Waals surface area contributed by atoms with Crippen molar-refractivity contribution < 1.29 is 9.47 Å². The van der Waals surface area contributed by atoms with Crippen molar-refractivity contribution in [1.29, 1.82) is 0 Å². The van der Waals surface area contributed by atoms with E-state index in [1.165, 1.54) is 0 Å². The van der Waals surface area contributed by atoms with Gasteiger partial charge >= 0.3 is 0 Å². The molecule has 0 amide bonds. The second-order valence-electron chi connectivity index (χ2n) is 5.93. The summed E-state index contributed by atoms with van der Waals surface area (Å²) in [5.74, 6) is 2.91. The largest absolute Gasteiger partial charge is 0.493 e. The monoisotopic (exact) mass is 368 g/mol.